The first-order chi connectivity index (χ1) is 8.99. The molecule has 1 aliphatic rings. The fraction of sp³-hybridized carbons (Fsp3) is 0.250. The topological polar surface area (TPSA) is 58.1 Å². The Labute approximate surface area is 122 Å². The predicted octanol–water partition coefficient (Wildman–Crippen LogP) is 2.39. The number of likely N-dealkylation sites (N-methyl/N-ethyl adjacent to an activating group) is 1. The highest BCUT2D eigenvalue weighted by atomic mass is 79.9. The van der Waals surface area contributed by atoms with Crippen LogP contribution < -0.4 is 0 Å². The predicted molar refractivity (Wildman–Crippen MR) is 76.3 cm³/mol. The summed E-state index contributed by atoms with van der Waals surface area (Å²) in [5.41, 5.74) is 1.67. The van der Waals surface area contributed by atoms with Gasteiger partial charge in [0.2, 0.25) is 5.91 Å². The van der Waals surface area contributed by atoms with Crippen molar-refractivity contribution in [2.75, 3.05) is 7.05 Å². The Morgan fingerprint density at radius 3 is 2.79 bits per heavy atom. The Bertz CT molecular complexity index is 764. The van der Waals surface area contributed by atoms with Crippen molar-refractivity contribution in [3.05, 3.63) is 27.4 Å². The quantitative estimate of drug-likeness (QED) is 0.641. The lowest BCUT2D eigenvalue weighted by Crippen LogP contribution is -2.26. The number of imidazole rings is 1. The maximum absolute atomic E-state index is 12.1. The van der Waals surface area contributed by atoms with E-state index in [1.165, 1.54) is 7.05 Å². The van der Waals surface area contributed by atoms with E-state index < -0.39 is 6.04 Å². The van der Waals surface area contributed by atoms with Crippen LogP contribution >= 0.6 is 28.1 Å². The summed E-state index contributed by atoms with van der Waals surface area (Å²) in [6.45, 7) is 0. The van der Waals surface area contributed by atoms with Gasteiger partial charge in [-0.25, -0.2) is 0 Å². The number of amides is 2. The highest BCUT2D eigenvalue weighted by Gasteiger charge is 2.38. The van der Waals surface area contributed by atoms with Crippen LogP contribution in [0.2, 0.25) is 0 Å². The van der Waals surface area contributed by atoms with Gasteiger partial charge in [0.25, 0.3) is 5.91 Å². The third-order valence-electron chi connectivity index (χ3n) is 3.35. The third-order valence-corrected chi connectivity index (χ3v) is 4.14. The van der Waals surface area contributed by atoms with Crippen LogP contribution in [0.25, 0.3) is 11.0 Å². The molecule has 1 N–H and O–H groups in total. The standard InChI is InChI=1S/C12H10BrN3O2S/c1-15-10(17)5-9(11(15)18)16-8-3-2-6(13)4-7(8)14-12(16)19/h2-4,9H,5H2,1H3,(H,14,19). The number of nitrogens with one attached hydrogen (secondary N) is 1. The lowest BCUT2D eigenvalue weighted by molar-refractivity contribution is -0.137. The molecule has 1 aromatic carbocycles. The molecule has 5 nitrogen and oxygen atoms in total. The number of hydrogen-bond donors (Lipinski definition) is 1. The first kappa shape index (κ1) is 12.6. The summed E-state index contributed by atoms with van der Waals surface area (Å²) in [5.74, 6) is -0.395. The number of H-pyrrole nitrogens is 1. The van der Waals surface area contributed by atoms with Gasteiger partial charge < -0.3 is 9.55 Å². The van der Waals surface area contributed by atoms with Crippen LogP contribution in [0.1, 0.15) is 12.5 Å². The van der Waals surface area contributed by atoms with E-state index in [0.29, 0.717) is 4.77 Å². The number of carbonyl (C=O) groups is 2. The molecule has 98 valence electrons. The molecule has 0 saturated carbocycles. The number of likely N-dealkylation sites (tertiary alicyclic amines) is 1. The molecule has 1 aliphatic heterocycles. The van der Waals surface area contributed by atoms with E-state index in [4.69, 9.17) is 12.2 Å². The van der Waals surface area contributed by atoms with E-state index in [9.17, 15) is 9.59 Å². The summed E-state index contributed by atoms with van der Waals surface area (Å²) in [4.78, 5) is 27.9. The van der Waals surface area contributed by atoms with Crippen LogP contribution in [0.15, 0.2) is 22.7 Å². The van der Waals surface area contributed by atoms with Crippen molar-refractivity contribution in [2.45, 2.75) is 12.5 Å². The van der Waals surface area contributed by atoms with Gasteiger partial charge in [0.15, 0.2) is 4.77 Å². The van der Waals surface area contributed by atoms with Crippen molar-refractivity contribution in [1.82, 2.24) is 14.5 Å². The van der Waals surface area contributed by atoms with Gasteiger partial charge in [-0.15, -0.1) is 0 Å². The molecule has 1 atom stereocenters. The van der Waals surface area contributed by atoms with E-state index in [0.717, 1.165) is 20.4 Å². The Morgan fingerprint density at radius 2 is 2.16 bits per heavy atom. The SMILES string of the molecule is CN1C(=O)CC(n2c(=S)[nH]c3cc(Br)ccc32)C1=O. The Hall–Kier alpha value is -1.47. The summed E-state index contributed by atoms with van der Waals surface area (Å²) in [5, 5.41) is 0. The largest absolute Gasteiger partial charge is 0.331 e. The summed E-state index contributed by atoms with van der Waals surface area (Å²) in [6, 6.07) is 5.11. The van der Waals surface area contributed by atoms with Crippen LogP contribution in [-0.2, 0) is 9.59 Å². The van der Waals surface area contributed by atoms with E-state index in [-0.39, 0.29) is 18.2 Å². The number of hydrogen-bond acceptors (Lipinski definition) is 3. The zero-order chi connectivity index (χ0) is 13.7. The van der Waals surface area contributed by atoms with Gasteiger partial charge in [0.05, 0.1) is 17.5 Å². The first-order valence-electron chi connectivity index (χ1n) is 5.69. The second kappa shape index (κ2) is 4.28. The van der Waals surface area contributed by atoms with Gasteiger partial charge in [-0.2, -0.15) is 0 Å². The summed E-state index contributed by atoms with van der Waals surface area (Å²) in [6.07, 6.45) is 0.159. The van der Waals surface area contributed by atoms with E-state index in [2.05, 4.69) is 20.9 Å². The number of carbonyl (C=O) groups excluding carboxylic acids is 2. The molecular weight excluding hydrogens is 330 g/mol. The van der Waals surface area contributed by atoms with E-state index in [1.807, 2.05) is 18.2 Å². The van der Waals surface area contributed by atoms with Gasteiger partial charge in [-0.1, -0.05) is 15.9 Å². The zero-order valence-electron chi connectivity index (χ0n) is 10.0. The van der Waals surface area contributed by atoms with Gasteiger partial charge in [0, 0.05) is 11.5 Å². The monoisotopic (exact) mass is 339 g/mol. The minimum atomic E-state index is -0.542. The molecule has 1 fully saturated rings. The lowest BCUT2D eigenvalue weighted by Gasteiger charge is -2.11. The highest BCUT2D eigenvalue weighted by Crippen LogP contribution is 2.29. The van der Waals surface area contributed by atoms with Crippen LogP contribution in [0.5, 0.6) is 0 Å². The molecule has 2 aromatic rings. The van der Waals surface area contributed by atoms with Crippen molar-refractivity contribution in [3.8, 4) is 0 Å². The summed E-state index contributed by atoms with van der Waals surface area (Å²) in [7, 11) is 1.50. The minimum Gasteiger partial charge on any atom is -0.331 e. The van der Waals surface area contributed by atoms with Gasteiger partial charge in [-0.05, 0) is 30.4 Å². The summed E-state index contributed by atoms with van der Waals surface area (Å²) < 4.78 is 3.10. The first-order valence-corrected chi connectivity index (χ1v) is 6.89. The fourth-order valence-electron chi connectivity index (χ4n) is 2.35. The summed E-state index contributed by atoms with van der Waals surface area (Å²) >= 11 is 8.66. The molecule has 19 heavy (non-hydrogen) atoms. The maximum atomic E-state index is 12.1. The second-order valence-corrected chi connectivity index (χ2v) is 5.77. The number of halogens is 1. The molecule has 1 aromatic heterocycles. The molecular formula is C12H10BrN3O2S. The number of nitrogens with zero attached hydrogens (tertiary/aromatic N) is 2. The molecule has 0 bridgehead atoms. The number of rotatable bonds is 1. The number of aromatic nitrogens is 2. The molecule has 1 saturated heterocycles. The van der Waals surface area contributed by atoms with Gasteiger partial charge >= 0.3 is 0 Å². The molecule has 1 unspecified atom stereocenters. The smallest absolute Gasteiger partial charge is 0.252 e. The molecule has 2 heterocycles. The van der Waals surface area contributed by atoms with Crippen LogP contribution in [0, 0.1) is 4.77 Å². The van der Waals surface area contributed by atoms with Gasteiger partial charge in [0.1, 0.15) is 6.04 Å². The maximum Gasteiger partial charge on any atom is 0.252 e. The molecule has 0 spiro atoms. The second-order valence-electron chi connectivity index (χ2n) is 4.47. The average Bonchev–Trinajstić information content (AvgIpc) is 2.80. The van der Waals surface area contributed by atoms with E-state index >= 15 is 0 Å². The Kier molecular flexibility index (Phi) is 2.83. The molecule has 7 heteroatoms. The third kappa shape index (κ3) is 1.84. The van der Waals surface area contributed by atoms with Crippen molar-refractivity contribution in [2.24, 2.45) is 0 Å². The van der Waals surface area contributed by atoms with Crippen molar-refractivity contribution in [3.63, 3.8) is 0 Å². The molecule has 0 aliphatic carbocycles. The van der Waals surface area contributed by atoms with E-state index in [1.54, 1.807) is 4.57 Å². The van der Waals surface area contributed by atoms with Crippen LogP contribution in [0.4, 0.5) is 0 Å². The fourth-order valence-corrected chi connectivity index (χ4v) is 3.05. The zero-order valence-corrected chi connectivity index (χ0v) is 12.4. The Balaban J connectivity index is 2.21. The van der Waals surface area contributed by atoms with Crippen molar-refractivity contribution in [1.29, 1.82) is 0 Å². The highest BCUT2D eigenvalue weighted by molar-refractivity contribution is 9.10. The number of imide groups is 1. The number of fused-ring (bicyclic) bond motifs is 1. The van der Waals surface area contributed by atoms with Crippen LogP contribution in [-0.4, -0.2) is 33.3 Å². The van der Waals surface area contributed by atoms with Crippen molar-refractivity contribution >= 4 is 51.0 Å². The number of benzene rings is 1. The molecule has 0 radical (unpaired) electrons. The average molecular weight is 340 g/mol. The van der Waals surface area contributed by atoms with Crippen molar-refractivity contribution < 1.29 is 9.59 Å². The lowest BCUT2D eigenvalue weighted by atomic mass is 10.2. The van der Waals surface area contributed by atoms with Crippen LogP contribution in [0.3, 0.4) is 0 Å². The molecule has 3 rings (SSSR count). The number of aromatic amines is 1. The molecule has 2 amide bonds. The van der Waals surface area contributed by atoms with Gasteiger partial charge in [-0.3, -0.25) is 14.5 Å². The normalized spacial score (nSPS) is 19.7. The minimum absolute atomic E-state index is 0.159. The Morgan fingerprint density at radius 1 is 1.42 bits per heavy atom.